The van der Waals surface area contributed by atoms with E-state index in [2.05, 4.69) is 5.32 Å². The maximum absolute atomic E-state index is 12.1. The predicted octanol–water partition coefficient (Wildman–Crippen LogP) is 3.36. The van der Waals surface area contributed by atoms with Crippen molar-refractivity contribution in [2.24, 2.45) is 0 Å². The van der Waals surface area contributed by atoms with Crippen LogP contribution in [0, 0.1) is 0 Å². The molecule has 0 aliphatic heterocycles. The number of carbonyl (C=O) groups is 1. The smallest absolute Gasteiger partial charge is 0.251 e. The molecule has 3 aromatic rings. The number of hydrogen-bond donors (Lipinski definition) is 2. The molecule has 0 spiro atoms. The standard InChI is InChI=1S/C17H15NO2S/c19-15(16-6-3-9-21-16)11-18-17(20)14-8-7-12-4-1-2-5-13(12)10-14/h1-10,15,19H,11H2,(H,18,20). The van der Waals surface area contributed by atoms with Crippen LogP contribution >= 0.6 is 11.3 Å². The van der Waals surface area contributed by atoms with Crippen LogP contribution < -0.4 is 5.32 Å². The predicted molar refractivity (Wildman–Crippen MR) is 85.6 cm³/mol. The molecule has 0 bridgehead atoms. The van der Waals surface area contributed by atoms with E-state index in [1.807, 2.05) is 53.9 Å². The molecule has 106 valence electrons. The highest BCUT2D eigenvalue weighted by Crippen LogP contribution is 2.18. The van der Waals surface area contributed by atoms with Gasteiger partial charge in [-0.1, -0.05) is 36.4 Å². The van der Waals surface area contributed by atoms with E-state index in [-0.39, 0.29) is 12.5 Å². The molecule has 1 unspecified atom stereocenters. The molecule has 4 heteroatoms. The first-order chi connectivity index (χ1) is 10.2. The minimum absolute atomic E-state index is 0.170. The van der Waals surface area contributed by atoms with Gasteiger partial charge in [0.25, 0.3) is 5.91 Å². The van der Waals surface area contributed by atoms with Crippen molar-refractivity contribution in [2.75, 3.05) is 6.54 Å². The van der Waals surface area contributed by atoms with Crippen LogP contribution in [0.2, 0.25) is 0 Å². The van der Waals surface area contributed by atoms with Crippen molar-refractivity contribution in [1.82, 2.24) is 5.32 Å². The van der Waals surface area contributed by atoms with E-state index in [9.17, 15) is 9.90 Å². The molecular weight excluding hydrogens is 282 g/mol. The van der Waals surface area contributed by atoms with E-state index in [4.69, 9.17) is 0 Å². The van der Waals surface area contributed by atoms with Crippen molar-refractivity contribution in [3.63, 3.8) is 0 Å². The first kappa shape index (κ1) is 13.8. The van der Waals surface area contributed by atoms with E-state index >= 15 is 0 Å². The largest absolute Gasteiger partial charge is 0.386 e. The lowest BCUT2D eigenvalue weighted by molar-refractivity contribution is 0.0918. The SMILES string of the molecule is O=C(NCC(O)c1cccs1)c1ccc2ccccc2c1. The third-order valence-corrected chi connectivity index (χ3v) is 4.31. The Kier molecular flexibility index (Phi) is 3.99. The van der Waals surface area contributed by atoms with Crippen molar-refractivity contribution < 1.29 is 9.90 Å². The summed E-state index contributed by atoms with van der Waals surface area (Å²) >= 11 is 1.48. The number of aliphatic hydroxyl groups is 1. The summed E-state index contributed by atoms with van der Waals surface area (Å²) in [5.74, 6) is -0.170. The summed E-state index contributed by atoms with van der Waals surface area (Å²) in [6, 6.07) is 17.2. The molecule has 3 rings (SSSR count). The number of fused-ring (bicyclic) bond motifs is 1. The average Bonchev–Trinajstić information content (AvgIpc) is 3.06. The second-order valence-corrected chi connectivity index (χ2v) is 5.78. The van der Waals surface area contributed by atoms with Gasteiger partial charge in [0.15, 0.2) is 0 Å². The Morgan fingerprint density at radius 3 is 2.67 bits per heavy atom. The van der Waals surface area contributed by atoms with Crippen molar-refractivity contribution in [1.29, 1.82) is 0 Å². The number of thiophene rings is 1. The van der Waals surface area contributed by atoms with Gasteiger partial charge >= 0.3 is 0 Å². The van der Waals surface area contributed by atoms with Crippen molar-refractivity contribution in [2.45, 2.75) is 6.10 Å². The van der Waals surface area contributed by atoms with E-state index < -0.39 is 6.10 Å². The number of amides is 1. The summed E-state index contributed by atoms with van der Waals surface area (Å²) in [5, 5.41) is 16.8. The molecule has 3 nitrogen and oxygen atoms in total. The lowest BCUT2D eigenvalue weighted by Gasteiger charge is -2.10. The molecule has 1 atom stereocenters. The minimum Gasteiger partial charge on any atom is -0.386 e. The Morgan fingerprint density at radius 1 is 1.10 bits per heavy atom. The van der Waals surface area contributed by atoms with Gasteiger partial charge in [-0.15, -0.1) is 11.3 Å². The topological polar surface area (TPSA) is 49.3 Å². The number of carbonyl (C=O) groups excluding carboxylic acids is 1. The molecule has 2 aromatic carbocycles. The Balaban J connectivity index is 1.69. The van der Waals surface area contributed by atoms with E-state index in [0.717, 1.165) is 15.6 Å². The molecule has 21 heavy (non-hydrogen) atoms. The number of rotatable bonds is 4. The van der Waals surface area contributed by atoms with Crippen molar-refractivity contribution in [3.05, 3.63) is 70.4 Å². The van der Waals surface area contributed by atoms with Crippen LogP contribution in [0.25, 0.3) is 10.8 Å². The maximum atomic E-state index is 12.1. The van der Waals surface area contributed by atoms with E-state index in [1.165, 1.54) is 11.3 Å². The van der Waals surface area contributed by atoms with Crippen LogP contribution in [0.1, 0.15) is 21.3 Å². The van der Waals surface area contributed by atoms with Gasteiger partial charge in [-0.25, -0.2) is 0 Å². The zero-order valence-corrected chi connectivity index (χ0v) is 12.1. The van der Waals surface area contributed by atoms with Crippen LogP contribution in [0.5, 0.6) is 0 Å². The summed E-state index contributed by atoms with van der Waals surface area (Å²) < 4.78 is 0. The molecule has 0 aliphatic rings. The zero-order chi connectivity index (χ0) is 14.7. The highest BCUT2D eigenvalue weighted by molar-refractivity contribution is 7.10. The highest BCUT2D eigenvalue weighted by Gasteiger charge is 2.11. The quantitative estimate of drug-likeness (QED) is 0.775. The number of benzene rings is 2. The summed E-state index contributed by atoms with van der Waals surface area (Å²) in [6.07, 6.45) is -0.658. The molecule has 0 saturated heterocycles. The number of aliphatic hydroxyl groups excluding tert-OH is 1. The fourth-order valence-electron chi connectivity index (χ4n) is 2.20. The van der Waals surface area contributed by atoms with Gasteiger partial charge in [-0.3, -0.25) is 4.79 Å². The fraction of sp³-hybridized carbons (Fsp3) is 0.118. The summed E-state index contributed by atoms with van der Waals surface area (Å²) in [7, 11) is 0. The zero-order valence-electron chi connectivity index (χ0n) is 11.3. The lowest BCUT2D eigenvalue weighted by atomic mass is 10.1. The lowest BCUT2D eigenvalue weighted by Crippen LogP contribution is -2.28. The molecule has 1 aromatic heterocycles. The average molecular weight is 297 g/mol. The third kappa shape index (κ3) is 3.12. The van der Waals surface area contributed by atoms with E-state index in [1.54, 1.807) is 6.07 Å². The second kappa shape index (κ2) is 6.08. The third-order valence-electron chi connectivity index (χ3n) is 3.34. The number of hydrogen-bond acceptors (Lipinski definition) is 3. The van der Waals surface area contributed by atoms with Gasteiger partial charge in [0, 0.05) is 17.0 Å². The summed E-state index contributed by atoms with van der Waals surface area (Å²) in [6.45, 7) is 0.214. The van der Waals surface area contributed by atoms with Gasteiger partial charge in [-0.2, -0.15) is 0 Å². The van der Waals surface area contributed by atoms with Crippen LogP contribution in [0.15, 0.2) is 60.0 Å². The van der Waals surface area contributed by atoms with Gasteiger partial charge < -0.3 is 10.4 Å². The Labute approximate surface area is 126 Å². The fourth-order valence-corrected chi connectivity index (χ4v) is 2.92. The molecule has 2 N–H and O–H groups in total. The van der Waals surface area contributed by atoms with Crippen LogP contribution in [0.3, 0.4) is 0 Å². The second-order valence-electron chi connectivity index (χ2n) is 4.80. The summed E-state index contributed by atoms with van der Waals surface area (Å²) in [4.78, 5) is 13.0. The Bertz CT molecular complexity index is 752. The van der Waals surface area contributed by atoms with Crippen LogP contribution in [0.4, 0.5) is 0 Å². The minimum atomic E-state index is -0.658. The molecule has 1 heterocycles. The van der Waals surface area contributed by atoms with E-state index in [0.29, 0.717) is 5.56 Å². The van der Waals surface area contributed by atoms with Gasteiger partial charge in [0.2, 0.25) is 0 Å². The Morgan fingerprint density at radius 2 is 1.90 bits per heavy atom. The number of nitrogens with one attached hydrogen (secondary N) is 1. The van der Waals surface area contributed by atoms with Gasteiger partial charge in [0.05, 0.1) is 0 Å². The highest BCUT2D eigenvalue weighted by atomic mass is 32.1. The van der Waals surface area contributed by atoms with Gasteiger partial charge in [-0.05, 0) is 34.4 Å². The molecule has 0 aliphatic carbocycles. The van der Waals surface area contributed by atoms with Crippen molar-refractivity contribution >= 4 is 28.0 Å². The first-order valence-corrected chi connectivity index (χ1v) is 7.60. The normalized spacial score (nSPS) is 12.2. The van der Waals surface area contributed by atoms with Crippen molar-refractivity contribution in [3.8, 4) is 0 Å². The van der Waals surface area contributed by atoms with Gasteiger partial charge in [0.1, 0.15) is 6.10 Å². The molecule has 0 fully saturated rings. The molecule has 0 saturated carbocycles. The van der Waals surface area contributed by atoms with Crippen LogP contribution in [-0.4, -0.2) is 17.6 Å². The molecule has 0 radical (unpaired) electrons. The summed E-state index contributed by atoms with van der Waals surface area (Å²) in [5.41, 5.74) is 0.604. The first-order valence-electron chi connectivity index (χ1n) is 6.72. The van der Waals surface area contributed by atoms with Crippen LogP contribution in [-0.2, 0) is 0 Å². The monoisotopic (exact) mass is 297 g/mol. The molecule has 1 amide bonds. The maximum Gasteiger partial charge on any atom is 0.251 e. The molecular formula is C17H15NO2S. The Hall–Kier alpha value is -2.17.